The van der Waals surface area contributed by atoms with Crippen molar-refractivity contribution in [3.05, 3.63) is 35.6 Å². The zero-order valence-electron chi connectivity index (χ0n) is 11.2. The van der Waals surface area contributed by atoms with Crippen molar-refractivity contribution < 1.29 is 9.21 Å². The van der Waals surface area contributed by atoms with Gasteiger partial charge >= 0.3 is 0 Å². The summed E-state index contributed by atoms with van der Waals surface area (Å²) in [6.45, 7) is 6.21. The summed E-state index contributed by atoms with van der Waals surface area (Å²) in [5.74, 6) is 0.259. The third-order valence-corrected chi connectivity index (χ3v) is 2.89. The Morgan fingerprint density at radius 3 is 2.68 bits per heavy atom. The monoisotopic (exact) mass is 282 g/mol. The molecule has 19 heavy (non-hydrogen) atoms. The van der Waals surface area contributed by atoms with Crippen molar-refractivity contribution in [2.24, 2.45) is 0 Å². The van der Waals surface area contributed by atoms with E-state index in [9.17, 15) is 4.79 Å². The summed E-state index contributed by atoms with van der Waals surface area (Å²) in [4.78, 5) is 12.0. The van der Waals surface area contributed by atoms with Crippen LogP contribution in [-0.4, -0.2) is 25.5 Å². The fourth-order valence-corrected chi connectivity index (χ4v) is 1.91. The summed E-state index contributed by atoms with van der Waals surface area (Å²) < 4.78 is 5.59. The lowest BCUT2D eigenvalue weighted by Gasteiger charge is -2.03. The number of fused-ring (bicyclic) bond motifs is 1. The molecular weight excluding hydrogens is 264 g/mol. The van der Waals surface area contributed by atoms with E-state index in [1.54, 1.807) is 0 Å². The Morgan fingerprint density at radius 1 is 1.26 bits per heavy atom. The third kappa shape index (κ3) is 3.49. The molecule has 4 nitrogen and oxygen atoms in total. The predicted molar refractivity (Wildman–Crippen MR) is 79.1 cm³/mol. The van der Waals surface area contributed by atoms with E-state index in [2.05, 4.69) is 10.6 Å². The highest BCUT2D eigenvalue weighted by molar-refractivity contribution is 5.98. The van der Waals surface area contributed by atoms with Crippen LogP contribution in [0.1, 0.15) is 23.0 Å². The Kier molecular flexibility index (Phi) is 5.86. The van der Waals surface area contributed by atoms with Crippen LogP contribution in [0.3, 0.4) is 0 Å². The first kappa shape index (κ1) is 15.5. The number of halogens is 1. The van der Waals surface area contributed by atoms with E-state index in [0.717, 1.165) is 29.6 Å². The van der Waals surface area contributed by atoms with Gasteiger partial charge in [-0.2, -0.15) is 0 Å². The summed E-state index contributed by atoms with van der Waals surface area (Å²) in [6, 6.07) is 7.68. The van der Waals surface area contributed by atoms with Crippen molar-refractivity contribution in [1.29, 1.82) is 0 Å². The average Bonchev–Trinajstić information content (AvgIpc) is 2.73. The average molecular weight is 283 g/mol. The number of hydrogen-bond donors (Lipinski definition) is 2. The number of nitrogens with one attached hydrogen (secondary N) is 2. The number of likely N-dealkylation sites (N-methyl/N-ethyl adjacent to an activating group) is 1. The maximum Gasteiger partial charge on any atom is 0.287 e. The molecule has 0 spiro atoms. The Bertz CT molecular complexity index is 551. The van der Waals surface area contributed by atoms with Gasteiger partial charge < -0.3 is 15.1 Å². The van der Waals surface area contributed by atoms with Gasteiger partial charge in [-0.25, -0.2) is 0 Å². The molecule has 2 rings (SSSR count). The molecule has 0 saturated heterocycles. The van der Waals surface area contributed by atoms with Crippen LogP contribution in [0.25, 0.3) is 11.0 Å². The molecule has 0 bridgehead atoms. The van der Waals surface area contributed by atoms with Crippen molar-refractivity contribution >= 4 is 29.3 Å². The first-order valence-electron chi connectivity index (χ1n) is 6.21. The Morgan fingerprint density at radius 2 is 2.00 bits per heavy atom. The standard InChI is InChI=1S/C14H18N2O2.ClH/c1-3-15-8-9-16-14(17)13-10(2)11-6-4-5-7-12(11)18-13;/h4-7,15H,3,8-9H2,1-2H3,(H,16,17);1H. The third-order valence-electron chi connectivity index (χ3n) is 2.89. The first-order chi connectivity index (χ1) is 8.74. The van der Waals surface area contributed by atoms with Gasteiger partial charge in [0.15, 0.2) is 5.76 Å². The molecule has 0 saturated carbocycles. The number of para-hydroxylation sites is 1. The molecule has 5 heteroatoms. The van der Waals surface area contributed by atoms with E-state index < -0.39 is 0 Å². The van der Waals surface area contributed by atoms with Crippen LogP contribution in [0, 0.1) is 6.92 Å². The number of rotatable bonds is 5. The van der Waals surface area contributed by atoms with Gasteiger partial charge in [0.25, 0.3) is 5.91 Å². The quantitative estimate of drug-likeness (QED) is 0.829. The molecule has 2 aromatic rings. The molecule has 0 aliphatic rings. The van der Waals surface area contributed by atoms with Crippen LogP contribution in [-0.2, 0) is 0 Å². The molecule has 0 aliphatic carbocycles. The minimum absolute atomic E-state index is 0. The van der Waals surface area contributed by atoms with Crippen LogP contribution in [0.2, 0.25) is 0 Å². The number of amides is 1. The van der Waals surface area contributed by atoms with Gasteiger partial charge in [0.1, 0.15) is 5.58 Å². The highest BCUT2D eigenvalue weighted by Gasteiger charge is 2.16. The lowest BCUT2D eigenvalue weighted by molar-refractivity contribution is 0.0927. The summed E-state index contributed by atoms with van der Waals surface area (Å²) in [5, 5.41) is 6.99. The first-order valence-corrected chi connectivity index (χ1v) is 6.21. The highest BCUT2D eigenvalue weighted by atomic mass is 35.5. The fourth-order valence-electron chi connectivity index (χ4n) is 1.91. The Hall–Kier alpha value is -1.52. The van der Waals surface area contributed by atoms with Crippen molar-refractivity contribution in [2.45, 2.75) is 13.8 Å². The molecular formula is C14H19ClN2O2. The number of hydrogen-bond acceptors (Lipinski definition) is 3. The second kappa shape index (κ2) is 7.16. The molecule has 1 heterocycles. The molecule has 1 aromatic heterocycles. The van der Waals surface area contributed by atoms with Crippen LogP contribution in [0.15, 0.2) is 28.7 Å². The summed E-state index contributed by atoms with van der Waals surface area (Å²) in [6.07, 6.45) is 0. The van der Waals surface area contributed by atoms with Crippen molar-refractivity contribution in [3.8, 4) is 0 Å². The van der Waals surface area contributed by atoms with E-state index in [0.29, 0.717) is 12.3 Å². The minimum atomic E-state index is -0.151. The van der Waals surface area contributed by atoms with Crippen molar-refractivity contribution in [1.82, 2.24) is 10.6 Å². The second-order valence-corrected chi connectivity index (χ2v) is 4.16. The molecule has 1 amide bonds. The van der Waals surface area contributed by atoms with Crippen molar-refractivity contribution in [3.63, 3.8) is 0 Å². The zero-order chi connectivity index (χ0) is 13.0. The predicted octanol–water partition coefficient (Wildman–Crippen LogP) is 2.50. The Balaban J connectivity index is 0.00000180. The van der Waals surface area contributed by atoms with Gasteiger partial charge in [-0.1, -0.05) is 25.1 Å². The zero-order valence-corrected chi connectivity index (χ0v) is 12.0. The van der Waals surface area contributed by atoms with Crippen molar-refractivity contribution in [2.75, 3.05) is 19.6 Å². The normalized spacial score (nSPS) is 10.2. The molecule has 1 aromatic carbocycles. The molecule has 0 unspecified atom stereocenters. The topological polar surface area (TPSA) is 54.3 Å². The lowest BCUT2D eigenvalue weighted by Crippen LogP contribution is -2.31. The summed E-state index contributed by atoms with van der Waals surface area (Å²) in [5.41, 5.74) is 1.65. The molecule has 0 atom stereocenters. The fraction of sp³-hybridized carbons (Fsp3) is 0.357. The van der Waals surface area contributed by atoms with Crippen LogP contribution in [0.4, 0.5) is 0 Å². The molecule has 104 valence electrons. The van der Waals surface area contributed by atoms with Crippen LogP contribution < -0.4 is 10.6 Å². The highest BCUT2D eigenvalue weighted by Crippen LogP contribution is 2.24. The van der Waals surface area contributed by atoms with E-state index in [4.69, 9.17) is 4.42 Å². The second-order valence-electron chi connectivity index (χ2n) is 4.16. The van der Waals surface area contributed by atoms with E-state index >= 15 is 0 Å². The summed E-state index contributed by atoms with van der Waals surface area (Å²) in [7, 11) is 0. The lowest BCUT2D eigenvalue weighted by atomic mass is 10.1. The molecule has 0 radical (unpaired) electrons. The van der Waals surface area contributed by atoms with Gasteiger partial charge in [-0.05, 0) is 19.5 Å². The number of furan rings is 1. The minimum Gasteiger partial charge on any atom is -0.451 e. The van der Waals surface area contributed by atoms with E-state index in [1.807, 2.05) is 38.1 Å². The van der Waals surface area contributed by atoms with Gasteiger partial charge in [-0.3, -0.25) is 4.79 Å². The maximum atomic E-state index is 12.0. The van der Waals surface area contributed by atoms with E-state index in [-0.39, 0.29) is 18.3 Å². The number of benzene rings is 1. The SMILES string of the molecule is CCNCCNC(=O)c1oc2ccccc2c1C.Cl. The summed E-state index contributed by atoms with van der Waals surface area (Å²) >= 11 is 0. The molecule has 2 N–H and O–H groups in total. The molecule has 0 aliphatic heterocycles. The number of carbonyl (C=O) groups is 1. The largest absolute Gasteiger partial charge is 0.451 e. The van der Waals surface area contributed by atoms with Gasteiger partial charge in [0.05, 0.1) is 0 Å². The van der Waals surface area contributed by atoms with E-state index in [1.165, 1.54) is 0 Å². The number of carbonyl (C=O) groups excluding carboxylic acids is 1. The van der Waals surface area contributed by atoms with Gasteiger partial charge in [-0.15, -0.1) is 12.4 Å². The van der Waals surface area contributed by atoms with Gasteiger partial charge in [0.2, 0.25) is 0 Å². The van der Waals surface area contributed by atoms with Gasteiger partial charge in [0, 0.05) is 24.0 Å². The van der Waals surface area contributed by atoms with Crippen LogP contribution >= 0.6 is 12.4 Å². The molecule has 0 fully saturated rings. The Labute approximate surface area is 119 Å². The van der Waals surface area contributed by atoms with Crippen LogP contribution in [0.5, 0.6) is 0 Å². The maximum absolute atomic E-state index is 12.0. The smallest absolute Gasteiger partial charge is 0.287 e. The number of aryl methyl sites for hydroxylation is 1.